The van der Waals surface area contributed by atoms with Gasteiger partial charge in [0.25, 0.3) is 0 Å². The van der Waals surface area contributed by atoms with Gasteiger partial charge in [-0.2, -0.15) is 0 Å². The van der Waals surface area contributed by atoms with E-state index in [-0.39, 0.29) is 0 Å². The summed E-state index contributed by atoms with van der Waals surface area (Å²) in [5.74, 6) is 0.486. The Morgan fingerprint density at radius 1 is 1.46 bits per heavy atom. The van der Waals surface area contributed by atoms with Crippen LogP contribution >= 0.6 is 23.1 Å². The van der Waals surface area contributed by atoms with Crippen LogP contribution in [0, 0.1) is 0 Å². The molecule has 0 amide bonds. The summed E-state index contributed by atoms with van der Waals surface area (Å²) in [5.41, 5.74) is 1.01. The number of aromatic nitrogens is 1. The molecular weight excluding hydrogens is 202 g/mol. The Kier molecular flexibility index (Phi) is 2.61. The monoisotopic (exact) mass is 209 g/mol. The lowest BCUT2D eigenvalue weighted by Gasteiger charge is -1.84. The number of aldehydes is 1. The van der Waals surface area contributed by atoms with Crippen LogP contribution in [0.2, 0.25) is 0 Å². The maximum Gasteiger partial charge on any atom is 0.151 e. The Morgan fingerprint density at radius 3 is 3.08 bits per heavy atom. The second-order valence-corrected chi connectivity index (χ2v) is 4.72. The van der Waals surface area contributed by atoms with Crippen LogP contribution < -0.4 is 0 Å². The molecule has 0 aliphatic carbocycles. The van der Waals surface area contributed by atoms with E-state index >= 15 is 0 Å². The zero-order valence-corrected chi connectivity index (χ0v) is 8.40. The fourth-order valence-electron chi connectivity index (χ4n) is 1.02. The average molecular weight is 209 g/mol. The van der Waals surface area contributed by atoms with E-state index < -0.39 is 0 Å². The predicted molar refractivity (Wildman–Crippen MR) is 56.4 cm³/mol. The van der Waals surface area contributed by atoms with Gasteiger partial charge in [0, 0.05) is 0 Å². The third-order valence-electron chi connectivity index (χ3n) is 1.55. The Morgan fingerprint density at radius 2 is 2.31 bits per heavy atom. The van der Waals surface area contributed by atoms with Gasteiger partial charge in [-0.1, -0.05) is 23.9 Å². The molecule has 0 unspecified atom stereocenters. The third kappa shape index (κ3) is 1.89. The van der Waals surface area contributed by atoms with Crippen LogP contribution in [0.4, 0.5) is 0 Å². The minimum Gasteiger partial charge on any atom is -0.302 e. The fraction of sp³-hybridized carbons (Fsp3) is 0.111. The Hall–Kier alpha value is -0.870. The van der Waals surface area contributed by atoms with Crippen molar-refractivity contribution < 1.29 is 4.79 Å². The minimum absolute atomic E-state index is 0.486. The molecule has 1 heterocycles. The first kappa shape index (κ1) is 8.72. The van der Waals surface area contributed by atoms with E-state index in [0.717, 1.165) is 16.1 Å². The SMILES string of the molecule is O=CCSc1nc2ccccc2s1. The maximum absolute atomic E-state index is 10.1. The van der Waals surface area contributed by atoms with Gasteiger partial charge in [0.1, 0.15) is 6.29 Å². The van der Waals surface area contributed by atoms with Crippen LogP contribution in [-0.4, -0.2) is 17.0 Å². The lowest BCUT2D eigenvalue weighted by molar-refractivity contribution is -0.105. The molecule has 0 N–H and O–H groups in total. The fourth-order valence-corrected chi connectivity index (χ4v) is 2.80. The van der Waals surface area contributed by atoms with Gasteiger partial charge in [-0.3, -0.25) is 0 Å². The first-order valence-electron chi connectivity index (χ1n) is 3.82. The van der Waals surface area contributed by atoms with E-state index in [4.69, 9.17) is 0 Å². The molecule has 0 aliphatic rings. The molecule has 1 aromatic heterocycles. The van der Waals surface area contributed by atoms with Crippen molar-refractivity contribution in [3.63, 3.8) is 0 Å². The second kappa shape index (κ2) is 3.89. The molecular formula is C9H7NOS2. The molecule has 2 aromatic rings. The first-order chi connectivity index (χ1) is 6.40. The third-order valence-corrected chi connectivity index (χ3v) is 3.62. The van der Waals surface area contributed by atoms with Crippen LogP contribution in [0.1, 0.15) is 0 Å². The van der Waals surface area contributed by atoms with Gasteiger partial charge in [0.2, 0.25) is 0 Å². The molecule has 0 bridgehead atoms. The Labute approximate surface area is 84.0 Å². The molecule has 0 spiro atoms. The van der Waals surface area contributed by atoms with Crippen LogP contribution in [0.15, 0.2) is 28.6 Å². The molecule has 13 heavy (non-hydrogen) atoms. The highest BCUT2D eigenvalue weighted by Crippen LogP contribution is 2.28. The minimum atomic E-state index is 0.486. The zero-order chi connectivity index (χ0) is 9.10. The molecule has 2 nitrogen and oxygen atoms in total. The smallest absolute Gasteiger partial charge is 0.151 e. The lowest BCUT2D eigenvalue weighted by atomic mass is 10.3. The van der Waals surface area contributed by atoms with Crippen molar-refractivity contribution in [3.05, 3.63) is 24.3 Å². The highest BCUT2D eigenvalue weighted by molar-refractivity contribution is 8.01. The standard InChI is InChI=1S/C9H7NOS2/c11-5-6-12-9-10-7-3-1-2-4-8(7)13-9/h1-5H,6H2. The second-order valence-electron chi connectivity index (χ2n) is 2.43. The number of benzene rings is 1. The molecule has 0 saturated heterocycles. The summed E-state index contributed by atoms with van der Waals surface area (Å²) in [6, 6.07) is 7.99. The molecule has 0 aliphatic heterocycles. The maximum atomic E-state index is 10.1. The largest absolute Gasteiger partial charge is 0.302 e. The Balaban J connectivity index is 2.32. The van der Waals surface area contributed by atoms with Gasteiger partial charge in [0.05, 0.1) is 16.0 Å². The van der Waals surface area contributed by atoms with Crippen LogP contribution in [0.3, 0.4) is 0 Å². The Bertz CT molecular complexity index is 391. The van der Waals surface area contributed by atoms with Crippen molar-refractivity contribution in [3.8, 4) is 0 Å². The van der Waals surface area contributed by atoms with Gasteiger partial charge < -0.3 is 4.79 Å². The number of carbonyl (C=O) groups excluding carboxylic acids is 1. The van der Waals surface area contributed by atoms with Crippen molar-refractivity contribution >= 4 is 39.6 Å². The van der Waals surface area contributed by atoms with Crippen LogP contribution in [0.5, 0.6) is 0 Å². The van der Waals surface area contributed by atoms with E-state index in [1.807, 2.05) is 24.3 Å². The van der Waals surface area contributed by atoms with E-state index in [1.54, 1.807) is 11.3 Å². The lowest BCUT2D eigenvalue weighted by Crippen LogP contribution is -1.76. The molecule has 0 atom stereocenters. The van der Waals surface area contributed by atoms with Gasteiger partial charge in [-0.25, -0.2) is 4.98 Å². The number of thioether (sulfide) groups is 1. The summed E-state index contributed by atoms with van der Waals surface area (Å²) < 4.78 is 2.14. The van der Waals surface area contributed by atoms with E-state index in [0.29, 0.717) is 5.75 Å². The molecule has 0 fully saturated rings. The molecule has 0 radical (unpaired) electrons. The first-order valence-corrected chi connectivity index (χ1v) is 5.62. The molecule has 2 rings (SSSR count). The quantitative estimate of drug-likeness (QED) is 0.575. The summed E-state index contributed by atoms with van der Waals surface area (Å²) in [5, 5.41) is 0. The van der Waals surface area contributed by atoms with Gasteiger partial charge in [0.15, 0.2) is 4.34 Å². The van der Waals surface area contributed by atoms with Crippen molar-refractivity contribution in [2.45, 2.75) is 4.34 Å². The number of para-hydroxylation sites is 1. The van der Waals surface area contributed by atoms with Crippen molar-refractivity contribution in [1.82, 2.24) is 4.98 Å². The van der Waals surface area contributed by atoms with Gasteiger partial charge >= 0.3 is 0 Å². The zero-order valence-electron chi connectivity index (χ0n) is 6.77. The normalized spacial score (nSPS) is 10.5. The number of fused-ring (bicyclic) bond motifs is 1. The average Bonchev–Trinajstić information content (AvgIpc) is 2.57. The highest BCUT2D eigenvalue weighted by atomic mass is 32.2. The van der Waals surface area contributed by atoms with Crippen LogP contribution in [0.25, 0.3) is 10.2 Å². The molecule has 1 aromatic carbocycles. The van der Waals surface area contributed by atoms with E-state index in [2.05, 4.69) is 4.98 Å². The summed E-state index contributed by atoms with van der Waals surface area (Å²) in [6.07, 6.45) is 0.900. The molecule has 0 saturated carbocycles. The predicted octanol–water partition coefficient (Wildman–Crippen LogP) is 2.59. The number of hydrogen-bond acceptors (Lipinski definition) is 4. The molecule has 4 heteroatoms. The van der Waals surface area contributed by atoms with E-state index in [9.17, 15) is 4.79 Å². The van der Waals surface area contributed by atoms with Crippen molar-refractivity contribution in [2.75, 3.05) is 5.75 Å². The molecule has 66 valence electrons. The van der Waals surface area contributed by atoms with Crippen molar-refractivity contribution in [2.24, 2.45) is 0 Å². The van der Waals surface area contributed by atoms with E-state index in [1.165, 1.54) is 16.5 Å². The number of nitrogens with zero attached hydrogens (tertiary/aromatic N) is 1. The number of carbonyl (C=O) groups is 1. The summed E-state index contributed by atoms with van der Waals surface area (Å²) in [4.78, 5) is 14.5. The number of hydrogen-bond donors (Lipinski definition) is 0. The van der Waals surface area contributed by atoms with Crippen molar-refractivity contribution in [1.29, 1.82) is 0 Å². The summed E-state index contributed by atoms with van der Waals surface area (Å²) >= 11 is 3.12. The number of thiazole rings is 1. The number of rotatable bonds is 3. The van der Waals surface area contributed by atoms with Crippen LogP contribution in [-0.2, 0) is 4.79 Å². The summed E-state index contributed by atoms with van der Waals surface area (Å²) in [7, 11) is 0. The van der Waals surface area contributed by atoms with Gasteiger partial charge in [-0.05, 0) is 12.1 Å². The summed E-state index contributed by atoms with van der Waals surface area (Å²) in [6.45, 7) is 0. The topological polar surface area (TPSA) is 30.0 Å². The van der Waals surface area contributed by atoms with Gasteiger partial charge in [-0.15, -0.1) is 11.3 Å². The highest BCUT2D eigenvalue weighted by Gasteiger charge is 2.01.